The molecule has 0 spiro atoms. The van der Waals surface area contributed by atoms with Crippen molar-refractivity contribution in [2.45, 2.75) is 66.3 Å². The Morgan fingerprint density at radius 2 is 1.73 bits per heavy atom. The van der Waals surface area contributed by atoms with Crippen LogP contribution in [-0.2, 0) is 9.22 Å². The van der Waals surface area contributed by atoms with E-state index in [1.54, 1.807) is 0 Å². The molecule has 15 heavy (non-hydrogen) atoms. The summed E-state index contributed by atoms with van der Waals surface area (Å²) in [6.07, 6.45) is 1.65. The zero-order valence-electron chi connectivity index (χ0n) is 11.3. The first-order valence-electron chi connectivity index (χ1n) is 5.80. The van der Waals surface area contributed by atoms with E-state index in [1.165, 1.54) is 0 Å². The number of hydrogen-bond acceptors (Lipinski definition) is 2. The highest BCUT2D eigenvalue weighted by Gasteiger charge is 2.32. The standard InChI is InChI=1S/C12H26O2Si/c1-8-9-10(14-15(5,6)7)11(13)12(2,3)4/h10H,8-9H2,1-7H3. The van der Waals surface area contributed by atoms with Crippen LogP contribution < -0.4 is 0 Å². The van der Waals surface area contributed by atoms with Crippen LogP contribution in [0.3, 0.4) is 0 Å². The number of Topliss-reactive ketones (excluding diaryl/α,β-unsaturated/α-hetero) is 1. The molecule has 90 valence electrons. The third-order valence-electron chi connectivity index (χ3n) is 2.08. The number of carbonyl (C=O) groups excluding carboxylic acids is 1. The van der Waals surface area contributed by atoms with Gasteiger partial charge in [-0.25, -0.2) is 0 Å². The van der Waals surface area contributed by atoms with E-state index in [1.807, 2.05) is 20.8 Å². The first kappa shape index (κ1) is 14.8. The summed E-state index contributed by atoms with van der Waals surface area (Å²) in [7, 11) is -1.62. The molecule has 2 nitrogen and oxygen atoms in total. The lowest BCUT2D eigenvalue weighted by atomic mass is 9.86. The van der Waals surface area contributed by atoms with E-state index in [0.29, 0.717) is 0 Å². The van der Waals surface area contributed by atoms with Crippen LogP contribution in [0.5, 0.6) is 0 Å². The van der Waals surface area contributed by atoms with Crippen LogP contribution >= 0.6 is 0 Å². The SMILES string of the molecule is CCCC(O[Si](C)(C)C)C(=O)C(C)(C)C. The number of hydrogen-bond donors (Lipinski definition) is 0. The Morgan fingerprint density at radius 1 is 1.27 bits per heavy atom. The van der Waals surface area contributed by atoms with Crippen LogP contribution in [0.1, 0.15) is 40.5 Å². The molecule has 0 aromatic heterocycles. The highest BCUT2D eigenvalue weighted by molar-refractivity contribution is 6.69. The molecule has 0 N–H and O–H groups in total. The summed E-state index contributed by atoms with van der Waals surface area (Å²) in [5.74, 6) is 0.242. The fraction of sp³-hybridized carbons (Fsp3) is 0.917. The van der Waals surface area contributed by atoms with Crippen LogP contribution in [-0.4, -0.2) is 20.2 Å². The van der Waals surface area contributed by atoms with Gasteiger partial charge in [0.15, 0.2) is 14.1 Å². The number of ketones is 1. The predicted molar refractivity (Wildman–Crippen MR) is 67.6 cm³/mol. The highest BCUT2D eigenvalue weighted by Crippen LogP contribution is 2.23. The van der Waals surface area contributed by atoms with Gasteiger partial charge in [-0.3, -0.25) is 4.79 Å². The van der Waals surface area contributed by atoms with Gasteiger partial charge in [0.25, 0.3) is 0 Å². The lowest BCUT2D eigenvalue weighted by Gasteiger charge is -2.30. The zero-order chi connectivity index (χ0) is 12.3. The van der Waals surface area contributed by atoms with Gasteiger partial charge in [0.1, 0.15) is 6.10 Å². The Labute approximate surface area is 95.5 Å². The van der Waals surface area contributed by atoms with Crippen LogP contribution in [0.15, 0.2) is 0 Å². The fourth-order valence-electron chi connectivity index (χ4n) is 1.42. The normalized spacial score (nSPS) is 15.1. The van der Waals surface area contributed by atoms with Crippen molar-refractivity contribution in [1.82, 2.24) is 0 Å². The quantitative estimate of drug-likeness (QED) is 0.674. The van der Waals surface area contributed by atoms with Crippen molar-refractivity contribution in [2.75, 3.05) is 0 Å². The van der Waals surface area contributed by atoms with Gasteiger partial charge >= 0.3 is 0 Å². The molecule has 0 aromatic carbocycles. The molecule has 0 amide bonds. The maximum Gasteiger partial charge on any atom is 0.184 e. The van der Waals surface area contributed by atoms with Crippen LogP contribution in [0, 0.1) is 5.41 Å². The molecule has 0 aromatic rings. The van der Waals surface area contributed by atoms with Gasteiger partial charge in [-0.05, 0) is 26.1 Å². The molecule has 0 aliphatic heterocycles. The molecule has 0 aliphatic rings. The zero-order valence-corrected chi connectivity index (χ0v) is 12.3. The Balaban J connectivity index is 4.60. The molecule has 0 fully saturated rings. The van der Waals surface area contributed by atoms with E-state index >= 15 is 0 Å². The first-order valence-corrected chi connectivity index (χ1v) is 9.21. The van der Waals surface area contributed by atoms with Crippen molar-refractivity contribution in [2.24, 2.45) is 5.41 Å². The number of rotatable bonds is 5. The van der Waals surface area contributed by atoms with E-state index in [0.717, 1.165) is 12.8 Å². The molecule has 0 saturated heterocycles. The Morgan fingerprint density at radius 3 is 2.00 bits per heavy atom. The van der Waals surface area contributed by atoms with Crippen molar-refractivity contribution in [3.63, 3.8) is 0 Å². The van der Waals surface area contributed by atoms with Crippen molar-refractivity contribution in [3.05, 3.63) is 0 Å². The summed E-state index contributed by atoms with van der Waals surface area (Å²) in [5, 5.41) is 0. The van der Waals surface area contributed by atoms with Gasteiger partial charge in [0, 0.05) is 5.41 Å². The van der Waals surface area contributed by atoms with E-state index in [9.17, 15) is 4.79 Å². The van der Waals surface area contributed by atoms with Crippen molar-refractivity contribution < 1.29 is 9.22 Å². The molecule has 0 aliphatic carbocycles. The average molecular weight is 230 g/mol. The van der Waals surface area contributed by atoms with Gasteiger partial charge < -0.3 is 4.43 Å². The minimum absolute atomic E-state index is 0.193. The second-order valence-electron chi connectivity index (χ2n) is 6.12. The molecular formula is C12H26O2Si. The lowest BCUT2D eigenvalue weighted by molar-refractivity contribution is -0.134. The third-order valence-corrected chi connectivity index (χ3v) is 3.07. The van der Waals surface area contributed by atoms with E-state index in [-0.39, 0.29) is 17.3 Å². The molecule has 0 radical (unpaired) electrons. The fourth-order valence-corrected chi connectivity index (χ4v) is 2.49. The predicted octanol–water partition coefficient (Wildman–Crippen LogP) is 3.62. The summed E-state index contributed by atoms with van der Waals surface area (Å²) in [4.78, 5) is 12.1. The molecular weight excluding hydrogens is 204 g/mol. The van der Waals surface area contributed by atoms with Gasteiger partial charge in [-0.1, -0.05) is 34.1 Å². The van der Waals surface area contributed by atoms with Crippen LogP contribution in [0.25, 0.3) is 0 Å². The molecule has 0 rings (SSSR count). The van der Waals surface area contributed by atoms with Gasteiger partial charge in [-0.15, -0.1) is 0 Å². The maximum absolute atomic E-state index is 12.1. The Hall–Kier alpha value is -0.153. The Kier molecular flexibility index (Phi) is 5.20. The summed E-state index contributed by atoms with van der Waals surface area (Å²) < 4.78 is 5.96. The lowest BCUT2D eigenvalue weighted by Crippen LogP contribution is -2.41. The molecule has 1 unspecified atom stereocenters. The van der Waals surface area contributed by atoms with E-state index in [4.69, 9.17) is 4.43 Å². The average Bonchev–Trinajstić information content (AvgIpc) is 1.98. The molecule has 0 saturated carbocycles. The molecule has 0 bridgehead atoms. The largest absolute Gasteiger partial charge is 0.408 e. The van der Waals surface area contributed by atoms with Crippen LogP contribution in [0.4, 0.5) is 0 Å². The summed E-state index contributed by atoms with van der Waals surface area (Å²) >= 11 is 0. The van der Waals surface area contributed by atoms with Crippen molar-refractivity contribution in [3.8, 4) is 0 Å². The minimum atomic E-state index is -1.62. The van der Waals surface area contributed by atoms with Crippen molar-refractivity contribution in [1.29, 1.82) is 0 Å². The van der Waals surface area contributed by atoms with Gasteiger partial charge in [0.05, 0.1) is 0 Å². The highest BCUT2D eigenvalue weighted by atomic mass is 28.4. The van der Waals surface area contributed by atoms with E-state index in [2.05, 4.69) is 26.6 Å². The van der Waals surface area contributed by atoms with Gasteiger partial charge in [0.2, 0.25) is 0 Å². The molecule has 0 heterocycles. The Bertz CT molecular complexity index is 211. The van der Waals surface area contributed by atoms with Gasteiger partial charge in [-0.2, -0.15) is 0 Å². The maximum atomic E-state index is 12.1. The summed E-state index contributed by atoms with van der Waals surface area (Å²) in [5.41, 5.74) is -0.292. The van der Waals surface area contributed by atoms with Crippen LogP contribution in [0.2, 0.25) is 19.6 Å². The van der Waals surface area contributed by atoms with Crippen molar-refractivity contribution >= 4 is 14.1 Å². The summed E-state index contributed by atoms with van der Waals surface area (Å²) in [6.45, 7) is 14.4. The smallest absolute Gasteiger partial charge is 0.184 e. The second kappa shape index (κ2) is 5.26. The first-order chi connectivity index (χ1) is 6.58. The summed E-state index contributed by atoms with van der Waals surface area (Å²) in [6, 6.07) is 0. The minimum Gasteiger partial charge on any atom is -0.408 e. The number of carbonyl (C=O) groups is 1. The monoisotopic (exact) mass is 230 g/mol. The van der Waals surface area contributed by atoms with E-state index < -0.39 is 8.32 Å². The molecule has 3 heteroatoms. The second-order valence-corrected chi connectivity index (χ2v) is 10.6. The third kappa shape index (κ3) is 6.10. The topological polar surface area (TPSA) is 26.3 Å². The molecule has 1 atom stereocenters.